The molecule has 1 fully saturated rings. The Morgan fingerprint density at radius 2 is 2.32 bits per heavy atom. The Bertz CT molecular complexity index is 639. The van der Waals surface area contributed by atoms with Gasteiger partial charge in [0.1, 0.15) is 5.82 Å². The Morgan fingerprint density at radius 1 is 1.40 bits per heavy atom. The second kappa shape index (κ2) is 8.78. The van der Waals surface area contributed by atoms with Gasteiger partial charge in [0.05, 0.1) is 0 Å². The Balaban J connectivity index is 1.47. The minimum Gasteiger partial charge on any atom is -0.366 e. The molecule has 0 bridgehead atoms. The van der Waals surface area contributed by atoms with Crippen molar-refractivity contribution in [3.63, 3.8) is 0 Å². The van der Waals surface area contributed by atoms with Gasteiger partial charge in [-0.1, -0.05) is 11.6 Å². The number of carbonyl (C=O) groups excluding carboxylic acids is 1. The number of hydroxylamine groups is 1. The number of pyridine rings is 1. The predicted octanol–water partition coefficient (Wildman–Crippen LogP) is 2.59. The van der Waals surface area contributed by atoms with Gasteiger partial charge in [-0.2, -0.15) is 0 Å². The molecule has 6 nitrogen and oxygen atoms in total. The predicted molar refractivity (Wildman–Crippen MR) is 98.2 cm³/mol. The number of aromatic nitrogens is 1. The molecule has 1 aromatic heterocycles. The van der Waals surface area contributed by atoms with Crippen LogP contribution in [0.4, 0.5) is 5.82 Å². The second-order valence-corrected chi connectivity index (χ2v) is 6.76. The van der Waals surface area contributed by atoms with E-state index in [0.717, 1.165) is 37.4 Å². The first-order valence-electron chi connectivity index (χ1n) is 8.98. The molecular formula is C19H26N4O2. The highest BCUT2D eigenvalue weighted by molar-refractivity contribution is 5.90. The molecule has 0 unspecified atom stereocenters. The van der Waals surface area contributed by atoms with Crippen LogP contribution in [0.1, 0.15) is 37.7 Å². The van der Waals surface area contributed by atoms with Gasteiger partial charge in [0.25, 0.3) is 5.91 Å². The lowest BCUT2D eigenvalue weighted by atomic mass is 9.99. The van der Waals surface area contributed by atoms with Crippen molar-refractivity contribution in [3.05, 3.63) is 41.6 Å². The summed E-state index contributed by atoms with van der Waals surface area (Å²) in [6.07, 6.45) is 13.3. The maximum atomic E-state index is 11.0. The first kappa shape index (κ1) is 17.6. The molecule has 2 aliphatic rings. The van der Waals surface area contributed by atoms with Gasteiger partial charge in [0, 0.05) is 37.9 Å². The van der Waals surface area contributed by atoms with Gasteiger partial charge in [-0.15, -0.1) is 0 Å². The van der Waals surface area contributed by atoms with Gasteiger partial charge in [-0.25, -0.2) is 10.5 Å². The summed E-state index contributed by atoms with van der Waals surface area (Å²) in [4.78, 5) is 17.9. The lowest BCUT2D eigenvalue weighted by Gasteiger charge is -2.21. The normalized spacial score (nSPS) is 21.3. The molecule has 25 heavy (non-hydrogen) atoms. The van der Waals surface area contributed by atoms with E-state index in [1.165, 1.54) is 31.8 Å². The Labute approximate surface area is 148 Å². The minimum absolute atomic E-state index is 0.429. The highest BCUT2D eigenvalue weighted by atomic mass is 16.5. The summed E-state index contributed by atoms with van der Waals surface area (Å²) in [6.45, 7) is 3.30. The summed E-state index contributed by atoms with van der Waals surface area (Å²) in [5.41, 5.74) is 3.98. The molecule has 3 N–H and O–H groups in total. The number of allylic oxidation sites excluding steroid dienone is 1. The third kappa shape index (κ3) is 5.41. The molecule has 1 saturated heterocycles. The van der Waals surface area contributed by atoms with Gasteiger partial charge in [0.15, 0.2) is 0 Å². The SMILES string of the molecule is O=C(/C=C/c1ccc(N[C@@H]2CCN(CC3=CCCCC3)C2)nc1)NO. The van der Waals surface area contributed by atoms with Crippen molar-refractivity contribution in [2.45, 2.75) is 38.1 Å². The van der Waals surface area contributed by atoms with Crippen LogP contribution >= 0.6 is 0 Å². The summed E-state index contributed by atoms with van der Waals surface area (Å²) in [6, 6.07) is 4.25. The van der Waals surface area contributed by atoms with Crippen LogP contribution < -0.4 is 10.8 Å². The molecule has 0 aromatic carbocycles. The molecule has 3 rings (SSSR count). The van der Waals surface area contributed by atoms with Gasteiger partial charge >= 0.3 is 0 Å². The Hall–Kier alpha value is -2.18. The van der Waals surface area contributed by atoms with Crippen molar-refractivity contribution in [1.82, 2.24) is 15.4 Å². The van der Waals surface area contributed by atoms with Crippen molar-refractivity contribution < 1.29 is 10.0 Å². The van der Waals surface area contributed by atoms with E-state index >= 15 is 0 Å². The summed E-state index contributed by atoms with van der Waals surface area (Å²) in [7, 11) is 0. The van der Waals surface area contributed by atoms with Gasteiger partial charge in [-0.3, -0.25) is 14.9 Å². The average Bonchev–Trinajstić information content (AvgIpc) is 3.08. The Morgan fingerprint density at radius 3 is 3.04 bits per heavy atom. The molecule has 0 spiro atoms. The molecule has 1 aromatic rings. The zero-order valence-corrected chi connectivity index (χ0v) is 14.4. The Kier molecular flexibility index (Phi) is 6.19. The van der Waals surface area contributed by atoms with E-state index in [-0.39, 0.29) is 0 Å². The second-order valence-electron chi connectivity index (χ2n) is 6.76. The number of nitrogens with one attached hydrogen (secondary N) is 2. The van der Waals surface area contributed by atoms with Crippen LogP contribution in [0.5, 0.6) is 0 Å². The van der Waals surface area contributed by atoms with E-state index in [1.807, 2.05) is 12.1 Å². The van der Waals surface area contributed by atoms with Crippen LogP contribution in [-0.2, 0) is 4.79 Å². The van der Waals surface area contributed by atoms with E-state index in [1.54, 1.807) is 23.3 Å². The average molecular weight is 342 g/mol. The number of likely N-dealkylation sites (tertiary alicyclic amines) is 1. The first-order valence-corrected chi connectivity index (χ1v) is 8.98. The van der Waals surface area contributed by atoms with Crippen LogP contribution in [0, 0.1) is 0 Å². The zero-order chi connectivity index (χ0) is 17.5. The van der Waals surface area contributed by atoms with E-state index in [2.05, 4.69) is 21.3 Å². The standard InChI is InChI=1S/C19H26N4O2/c24-19(22-25)9-7-15-6-8-18(20-12-15)21-17-10-11-23(14-17)13-16-4-2-1-3-5-16/h4,6-9,12,17,25H,1-3,5,10-11,13-14H2,(H,20,21)(H,22,24)/b9-7+/t17-/m1/s1. The highest BCUT2D eigenvalue weighted by Gasteiger charge is 2.23. The fourth-order valence-corrected chi connectivity index (χ4v) is 3.44. The summed E-state index contributed by atoms with van der Waals surface area (Å²) >= 11 is 0. The zero-order valence-electron chi connectivity index (χ0n) is 14.4. The van der Waals surface area contributed by atoms with Crippen LogP contribution in [0.25, 0.3) is 6.08 Å². The van der Waals surface area contributed by atoms with E-state index in [0.29, 0.717) is 6.04 Å². The number of hydrogen-bond donors (Lipinski definition) is 3. The van der Waals surface area contributed by atoms with Crippen LogP contribution in [0.2, 0.25) is 0 Å². The lowest BCUT2D eigenvalue weighted by molar-refractivity contribution is -0.124. The van der Waals surface area contributed by atoms with Gasteiger partial charge in [0.2, 0.25) is 0 Å². The number of rotatable bonds is 6. The fraction of sp³-hybridized carbons (Fsp3) is 0.474. The van der Waals surface area contributed by atoms with Crippen molar-refractivity contribution >= 4 is 17.8 Å². The monoisotopic (exact) mass is 342 g/mol. The van der Waals surface area contributed by atoms with Gasteiger partial charge < -0.3 is 5.32 Å². The fourth-order valence-electron chi connectivity index (χ4n) is 3.44. The van der Waals surface area contributed by atoms with E-state index in [9.17, 15) is 4.79 Å². The number of hydrogen-bond acceptors (Lipinski definition) is 5. The molecule has 134 valence electrons. The van der Waals surface area contributed by atoms with Crippen molar-refractivity contribution in [3.8, 4) is 0 Å². The topological polar surface area (TPSA) is 77.5 Å². The maximum absolute atomic E-state index is 11.0. The summed E-state index contributed by atoms with van der Waals surface area (Å²) in [5.74, 6) is 0.300. The molecular weight excluding hydrogens is 316 g/mol. The van der Waals surface area contributed by atoms with Gasteiger partial charge in [-0.05, 0) is 55.9 Å². The van der Waals surface area contributed by atoms with E-state index in [4.69, 9.17) is 5.21 Å². The number of anilines is 1. The first-order chi connectivity index (χ1) is 12.2. The molecule has 6 heteroatoms. The van der Waals surface area contributed by atoms with Crippen LogP contribution in [0.15, 0.2) is 36.1 Å². The van der Waals surface area contributed by atoms with Crippen LogP contribution in [0.3, 0.4) is 0 Å². The molecule has 2 heterocycles. The third-order valence-electron chi connectivity index (χ3n) is 4.76. The molecule has 1 atom stereocenters. The maximum Gasteiger partial charge on any atom is 0.267 e. The van der Waals surface area contributed by atoms with E-state index < -0.39 is 5.91 Å². The number of amides is 1. The minimum atomic E-state index is -0.554. The highest BCUT2D eigenvalue weighted by Crippen LogP contribution is 2.21. The third-order valence-corrected chi connectivity index (χ3v) is 4.76. The smallest absolute Gasteiger partial charge is 0.267 e. The van der Waals surface area contributed by atoms with Crippen LogP contribution in [-0.4, -0.2) is 46.7 Å². The largest absolute Gasteiger partial charge is 0.366 e. The van der Waals surface area contributed by atoms with Crippen molar-refractivity contribution in [2.75, 3.05) is 25.0 Å². The lowest BCUT2D eigenvalue weighted by Crippen LogP contribution is -2.28. The number of nitrogens with zero attached hydrogens (tertiary/aromatic N) is 2. The molecule has 1 amide bonds. The van der Waals surface area contributed by atoms with Crippen molar-refractivity contribution in [1.29, 1.82) is 0 Å². The summed E-state index contributed by atoms with van der Waals surface area (Å²) < 4.78 is 0. The molecule has 1 aliphatic heterocycles. The quantitative estimate of drug-likeness (QED) is 0.321. The van der Waals surface area contributed by atoms with Crippen molar-refractivity contribution in [2.24, 2.45) is 0 Å². The summed E-state index contributed by atoms with van der Waals surface area (Å²) in [5, 5.41) is 12.0. The molecule has 0 radical (unpaired) electrons. The number of carbonyl (C=O) groups is 1. The molecule has 1 aliphatic carbocycles. The molecule has 0 saturated carbocycles.